The van der Waals surface area contributed by atoms with E-state index < -0.39 is 0 Å². The molecule has 6 nitrogen and oxygen atoms in total. The van der Waals surface area contributed by atoms with E-state index in [9.17, 15) is 0 Å². The lowest BCUT2D eigenvalue weighted by molar-refractivity contribution is 0.243. The van der Waals surface area contributed by atoms with Crippen LogP contribution < -0.4 is 0 Å². The van der Waals surface area contributed by atoms with E-state index in [2.05, 4.69) is 38.9 Å². The third kappa shape index (κ3) is 2.53. The summed E-state index contributed by atoms with van der Waals surface area (Å²) in [4.78, 5) is 2.37. The number of rotatable bonds is 3. The highest BCUT2D eigenvalue weighted by molar-refractivity contribution is 5.04. The molecule has 3 heterocycles. The first-order valence-corrected chi connectivity index (χ1v) is 6.78. The average Bonchev–Trinajstić information content (AvgIpc) is 3.01. The number of likely N-dealkylation sites (tertiary alicyclic amines) is 1. The van der Waals surface area contributed by atoms with Gasteiger partial charge in [-0.2, -0.15) is 5.10 Å². The summed E-state index contributed by atoms with van der Waals surface area (Å²) in [6.07, 6.45) is 6.18. The van der Waals surface area contributed by atoms with E-state index in [4.69, 9.17) is 0 Å². The molecule has 102 valence electrons. The molecule has 2 aromatic rings. The Morgan fingerprint density at radius 2 is 2.21 bits per heavy atom. The predicted octanol–water partition coefficient (Wildman–Crippen LogP) is 0.869. The normalized spacial score (nSPS) is 20.8. The number of likely N-dealkylation sites (N-methyl/N-ethyl adjacent to an activating group) is 1. The van der Waals surface area contributed by atoms with Gasteiger partial charge in [-0.3, -0.25) is 4.68 Å². The number of hydrogen-bond acceptors (Lipinski definition) is 4. The summed E-state index contributed by atoms with van der Waals surface area (Å²) in [6.45, 7) is 2.95. The number of nitrogens with zero attached hydrogens (tertiary/aromatic N) is 6. The van der Waals surface area contributed by atoms with Gasteiger partial charge < -0.3 is 9.47 Å². The van der Waals surface area contributed by atoms with Gasteiger partial charge in [-0.05, 0) is 32.5 Å². The van der Waals surface area contributed by atoms with Gasteiger partial charge in [0.25, 0.3) is 0 Å². The van der Waals surface area contributed by atoms with Gasteiger partial charge in [0.1, 0.15) is 12.4 Å². The van der Waals surface area contributed by atoms with Crippen molar-refractivity contribution < 1.29 is 0 Å². The summed E-state index contributed by atoms with van der Waals surface area (Å²) in [7, 11) is 4.23. The molecule has 1 aliphatic rings. The zero-order valence-corrected chi connectivity index (χ0v) is 11.5. The standard InChI is InChI=1S/C13H20N6/c1-17-7-3-5-11(9-17)13-16-15-12(18(13)2)10-19-8-4-6-14-19/h4,6,8,11H,3,5,7,9-10H2,1-2H3/t11-/m1/s1. The summed E-state index contributed by atoms with van der Waals surface area (Å²) in [5, 5.41) is 12.9. The summed E-state index contributed by atoms with van der Waals surface area (Å²) in [5.41, 5.74) is 0. The molecule has 19 heavy (non-hydrogen) atoms. The zero-order chi connectivity index (χ0) is 13.2. The fourth-order valence-electron chi connectivity index (χ4n) is 2.78. The van der Waals surface area contributed by atoms with Crippen molar-refractivity contribution >= 4 is 0 Å². The van der Waals surface area contributed by atoms with Crippen LogP contribution in [-0.2, 0) is 13.6 Å². The largest absolute Gasteiger partial charge is 0.316 e. The van der Waals surface area contributed by atoms with Gasteiger partial charge in [-0.15, -0.1) is 10.2 Å². The van der Waals surface area contributed by atoms with Crippen molar-refractivity contribution in [3.8, 4) is 0 Å². The quantitative estimate of drug-likeness (QED) is 0.821. The van der Waals surface area contributed by atoms with E-state index in [1.165, 1.54) is 19.4 Å². The molecule has 1 aliphatic heterocycles. The molecule has 0 bridgehead atoms. The van der Waals surface area contributed by atoms with Gasteiger partial charge in [0.05, 0.1) is 0 Å². The van der Waals surface area contributed by atoms with Crippen LogP contribution in [0.15, 0.2) is 18.5 Å². The van der Waals surface area contributed by atoms with E-state index in [1.54, 1.807) is 6.20 Å². The summed E-state index contributed by atoms with van der Waals surface area (Å²) < 4.78 is 4.01. The lowest BCUT2D eigenvalue weighted by atomic mass is 9.98. The molecule has 0 unspecified atom stereocenters. The van der Waals surface area contributed by atoms with Crippen molar-refractivity contribution in [2.24, 2.45) is 7.05 Å². The molecule has 1 saturated heterocycles. The van der Waals surface area contributed by atoms with Crippen molar-refractivity contribution in [2.45, 2.75) is 25.3 Å². The average molecular weight is 260 g/mol. The Kier molecular flexibility index (Phi) is 3.33. The van der Waals surface area contributed by atoms with E-state index in [-0.39, 0.29) is 0 Å². The molecule has 0 aromatic carbocycles. The Balaban J connectivity index is 1.78. The third-order valence-electron chi connectivity index (χ3n) is 3.85. The first-order valence-electron chi connectivity index (χ1n) is 6.78. The molecule has 0 saturated carbocycles. The minimum atomic E-state index is 0.502. The Labute approximate surface area is 113 Å². The van der Waals surface area contributed by atoms with Crippen LogP contribution in [0.25, 0.3) is 0 Å². The van der Waals surface area contributed by atoms with Crippen LogP contribution in [0.5, 0.6) is 0 Å². The highest BCUT2D eigenvalue weighted by atomic mass is 15.3. The second-order valence-electron chi connectivity index (χ2n) is 5.34. The molecular formula is C13H20N6. The fourth-order valence-corrected chi connectivity index (χ4v) is 2.78. The molecule has 0 N–H and O–H groups in total. The van der Waals surface area contributed by atoms with Crippen LogP contribution in [0.2, 0.25) is 0 Å². The van der Waals surface area contributed by atoms with Crippen molar-refractivity contribution in [3.63, 3.8) is 0 Å². The molecule has 1 fully saturated rings. The number of hydrogen-bond donors (Lipinski definition) is 0. The van der Waals surface area contributed by atoms with Crippen LogP contribution in [0, 0.1) is 0 Å². The van der Waals surface area contributed by atoms with E-state index in [1.807, 2.05) is 16.9 Å². The van der Waals surface area contributed by atoms with Gasteiger partial charge in [-0.25, -0.2) is 0 Å². The third-order valence-corrected chi connectivity index (χ3v) is 3.85. The second kappa shape index (κ2) is 5.13. The highest BCUT2D eigenvalue weighted by Gasteiger charge is 2.24. The maximum Gasteiger partial charge on any atom is 0.154 e. The molecule has 1 atom stereocenters. The maximum atomic E-state index is 4.40. The van der Waals surface area contributed by atoms with Crippen LogP contribution in [0.4, 0.5) is 0 Å². The molecule has 0 aliphatic carbocycles. The first kappa shape index (κ1) is 12.3. The van der Waals surface area contributed by atoms with Crippen molar-refractivity contribution in [1.82, 2.24) is 29.4 Å². The number of piperidine rings is 1. The van der Waals surface area contributed by atoms with Crippen molar-refractivity contribution in [2.75, 3.05) is 20.1 Å². The predicted molar refractivity (Wildman–Crippen MR) is 71.8 cm³/mol. The van der Waals surface area contributed by atoms with Crippen LogP contribution in [0.1, 0.15) is 30.4 Å². The fraction of sp³-hybridized carbons (Fsp3) is 0.615. The maximum absolute atomic E-state index is 4.40. The lowest BCUT2D eigenvalue weighted by Gasteiger charge is -2.28. The summed E-state index contributed by atoms with van der Waals surface area (Å²) in [6, 6.07) is 1.92. The topological polar surface area (TPSA) is 51.8 Å². The van der Waals surface area contributed by atoms with Gasteiger partial charge >= 0.3 is 0 Å². The van der Waals surface area contributed by atoms with Crippen molar-refractivity contribution in [1.29, 1.82) is 0 Å². The van der Waals surface area contributed by atoms with E-state index in [0.717, 1.165) is 18.2 Å². The Hall–Kier alpha value is -1.69. The molecule has 3 rings (SSSR count). The van der Waals surface area contributed by atoms with Crippen LogP contribution in [-0.4, -0.2) is 49.6 Å². The SMILES string of the molecule is CN1CCC[C@@H](c2nnc(Cn3cccn3)n2C)C1. The Morgan fingerprint density at radius 1 is 1.32 bits per heavy atom. The molecule has 6 heteroatoms. The van der Waals surface area contributed by atoms with Gasteiger partial charge in [0.15, 0.2) is 5.82 Å². The van der Waals surface area contributed by atoms with E-state index >= 15 is 0 Å². The lowest BCUT2D eigenvalue weighted by Crippen LogP contribution is -2.32. The second-order valence-corrected chi connectivity index (χ2v) is 5.34. The summed E-state index contributed by atoms with van der Waals surface area (Å²) in [5.74, 6) is 2.57. The molecular weight excluding hydrogens is 240 g/mol. The minimum Gasteiger partial charge on any atom is -0.316 e. The summed E-state index contributed by atoms with van der Waals surface area (Å²) >= 11 is 0. The first-order chi connectivity index (χ1) is 9.24. The Morgan fingerprint density at radius 3 is 2.95 bits per heavy atom. The molecule has 0 radical (unpaired) electrons. The van der Waals surface area contributed by atoms with Gasteiger partial charge in [-0.1, -0.05) is 0 Å². The molecule has 0 spiro atoms. The van der Waals surface area contributed by atoms with Gasteiger partial charge in [0, 0.05) is 31.9 Å². The van der Waals surface area contributed by atoms with Gasteiger partial charge in [0.2, 0.25) is 0 Å². The molecule has 2 aromatic heterocycles. The highest BCUT2D eigenvalue weighted by Crippen LogP contribution is 2.24. The number of aromatic nitrogens is 5. The molecule has 0 amide bonds. The zero-order valence-electron chi connectivity index (χ0n) is 11.5. The smallest absolute Gasteiger partial charge is 0.154 e. The van der Waals surface area contributed by atoms with E-state index in [0.29, 0.717) is 12.5 Å². The van der Waals surface area contributed by atoms with Crippen LogP contribution >= 0.6 is 0 Å². The minimum absolute atomic E-state index is 0.502. The van der Waals surface area contributed by atoms with Crippen LogP contribution in [0.3, 0.4) is 0 Å². The van der Waals surface area contributed by atoms with Crippen molar-refractivity contribution in [3.05, 3.63) is 30.1 Å². The monoisotopic (exact) mass is 260 g/mol. The Bertz CT molecular complexity index is 529.